The Balaban J connectivity index is 2.02. The molecule has 0 aliphatic carbocycles. The van der Waals surface area contributed by atoms with E-state index in [1.165, 1.54) is 7.11 Å². The molecule has 0 fully saturated rings. The van der Waals surface area contributed by atoms with E-state index in [-0.39, 0.29) is 17.9 Å². The lowest BCUT2D eigenvalue weighted by atomic mass is 9.88. The van der Waals surface area contributed by atoms with Crippen molar-refractivity contribution in [1.82, 2.24) is 15.2 Å². The Morgan fingerprint density at radius 3 is 2.52 bits per heavy atom. The predicted octanol–water partition coefficient (Wildman–Crippen LogP) is 2.38. The van der Waals surface area contributed by atoms with Gasteiger partial charge in [-0.15, -0.1) is 0 Å². The highest BCUT2D eigenvalue weighted by molar-refractivity contribution is 5.71. The third-order valence-corrected chi connectivity index (χ3v) is 4.18. The maximum Gasteiger partial charge on any atom is 0.306 e. The fourth-order valence-corrected chi connectivity index (χ4v) is 2.94. The number of carbonyl (C=O) groups excluding carboxylic acids is 1. The summed E-state index contributed by atoms with van der Waals surface area (Å²) < 4.78 is 4.82. The predicted molar refractivity (Wildman–Crippen MR) is 93.4 cm³/mol. The third kappa shape index (κ3) is 3.85. The zero-order valence-electron chi connectivity index (χ0n) is 13.9. The summed E-state index contributed by atoms with van der Waals surface area (Å²) in [6.07, 6.45) is 3.95. The SMILES string of the molecule is COC(=O)CC(c1ccncc1)c1c(Cc2ccccc2)[nH][nH]c1=O. The van der Waals surface area contributed by atoms with Gasteiger partial charge >= 0.3 is 5.97 Å². The van der Waals surface area contributed by atoms with Crippen molar-refractivity contribution in [3.8, 4) is 0 Å². The minimum atomic E-state index is -0.399. The second kappa shape index (κ2) is 7.61. The van der Waals surface area contributed by atoms with E-state index in [2.05, 4.69) is 15.2 Å². The molecule has 0 saturated heterocycles. The highest BCUT2D eigenvalue weighted by Crippen LogP contribution is 2.28. The molecule has 0 saturated carbocycles. The van der Waals surface area contributed by atoms with E-state index in [1.807, 2.05) is 42.5 Å². The zero-order chi connectivity index (χ0) is 17.6. The molecule has 1 unspecified atom stereocenters. The van der Waals surface area contributed by atoms with Crippen LogP contribution >= 0.6 is 0 Å². The first-order valence-corrected chi connectivity index (χ1v) is 7.99. The summed E-state index contributed by atoms with van der Waals surface area (Å²) in [5, 5.41) is 5.61. The van der Waals surface area contributed by atoms with Gasteiger partial charge in [0.2, 0.25) is 0 Å². The number of aromatic nitrogens is 3. The Morgan fingerprint density at radius 1 is 1.12 bits per heavy atom. The number of hydrogen-bond acceptors (Lipinski definition) is 4. The van der Waals surface area contributed by atoms with Crippen LogP contribution in [0.1, 0.15) is 34.7 Å². The number of hydrogen-bond donors (Lipinski definition) is 2. The van der Waals surface area contributed by atoms with Crippen molar-refractivity contribution in [3.05, 3.63) is 87.6 Å². The number of methoxy groups -OCH3 is 1. The highest BCUT2D eigenvalue weighted by Gasteiger charge is 2.25. The van der Waals surface area contributed by atoms with E-state index < -0.39 is 5.92 Å². The lowest BCUT2D eigenvalue weighted by Crippen LogP contribution is -2.18. The molecule has 3 aromatic rings. The van der Waals surface area contributed by atoms with Gasteiger partial charge in [0.1, 0.15) is 0 Å². The molecule has 3 rings (SSSR count). The van der Waals surface area contributed by atoms with Crippen LogP contribution in [-0.2, 0) is 16.0 Å². The largest absolute Gasteiger partial charge is 0.469 e. The first kappa shape index (κ1) is 16.7. The van der Waals surface area contributed by atoms with Gasteiger partial charge < -0.3 is 9.84 Å². The quantitative estimate of drug-likeness (QED) is 0.676. The van der Waals surface area contributed by atoms with Crippen LogP contribution in [0.2, 0.25) is 0 Å². The van der Waals surface area contributed by atoms with E-state index in [1.54, 1.807) is 12.4 Å². The third-order valence-electron chi connectivity index (χ3n) is 4.18. The van der Waals surface area contributed by atoms with Crippen molar-refractivity contribution in [2.24, 2.45) is 0 Å². The number of pyridine rings is 1. The summed E-state index contributed by atoms with van der Waals surface area (Å²) in [6.45, 7) is 0. The van der Waals surface area contributed by atoms with Gasteiger partial charge in [-0.25, -0.2) is 0 Å². The molecule has 6 nitrogen and oxygen atoms in total. The summed E-state index contributed by atoms with van der Waals surface area (Å²) in [4.78, 5) is 28.4. The van der Waals surface area contributed by atoms with Crippen molar-refractivity contribution in [2.75, 3.05) is 7.11 Å². The molecule has 1 atom stereocenters. The summed E-state index contributed by atoms with van der Waals surface area (Å²) in [5.74, 6) is -0.766. The van der Waals surface area contributed by atoms with E-state index >= 15 is 0 Å². The molecule has 1 aromatic carbocycles. The second-order valence-corrected chi connectivity index (χ2v) is 5.75. The van der Waals surface area contributed by atoms with Crippen molar-refractivity contribution >= 4 is 5.97 Å². The summed E-state index contributed by atoms with van der Waals surface area (Å²) >= 11 is 0. The molecule has 2 aromatic heterocycles. The van der Waals surface area contributed by atoms with Gasteiger partial charge in [0.15, 0.2) is 0 Å². The molecule has 0 amide bonds. The molecular weight excluding hydrogens is 318 g/mol. The number of aromatic amines is 2. The Labute approximate surface area is 144 Å². The summed E-state index contributed by atoms with van der Waals surface area (Å²) in [5.41, 5.74) is 3.02. The molecule has 128 valence electrons. The Bertz CT molecular complexity index is 885. The van der Waals surface area contributed by atoms with Gasteiger partial charge in [0.25, 0.3) is 5.56 Å². The van der Waals surface area contributed by atoms with E-state index in [9.17, 15) is 9.59 Å². The fraction of sp³-hybridized carbons (Fsp3) is 0.211. The number of carbonyl (C=O) groups is 1. The van der Waals surface area contributed by atoms with E-state index in [4.69, 9.17) is 4.74 Å². The van der Waals surface area contributed by atoms with E-state index in [0.29, 0.717) is 12.0 Å². The molecule has 2 heterocycles. The average molecular weight is 337 g/mol. The number of H-pyrrole nitrogens is 2. The first-order valence-electron chi connectivity index (χ1n) is 7.99. The molecule has 25 heavy (non-hydrogen) atoms. The molecule has 2 N–H and O–H groups in total. The van der Waals surface area contributed by atoms with Crippen LogP contribution in [0, 0.1) is 0 Å². The lowest BCUT2D eigenvalue weighted by molar-refractivity contribution is -0.140. The molecule has 0 aliphatic heterocycles. The molecule has 0 aliphatic rings. The normalized spacial score (nSPS) is 11.9. The van der Waals surface area contributed by atoms with Crippen molar-refractivity contribution in [1.29, 1.82) is 0 Å². The van der Waals surface area contributed by atoms with Gasteiger partial charge in [-0.05, 0) is 23.3 Å². The smallest absolute Gasteiger partial charge is 0.306 e. The first-order chi connectivity index (χ1) is 12.2. The lowest BCUT2D eigenvalue weighted by Gasteiger charge is -2.16. The summed E-state index contributed by atoms with van der Waals surface area (Å²) in [6, 6.07) is 13.5. The van der Waals surface area contributed by atoms with Crippen LogP contribution in [0.25, 0.3) is 0 Å². The number of nitrogens with zero attached hydrogens (tertiary/aromatic N) is 1. The van der Waals surface area contributed by atoms with Gasteiger partial charge in [-0.1, -0.05) is 30.3 Å². The second-order valence-electron chi connectivity index (χ2n) is 5.75. The Hall–Kier alpha value is -3.15. The van der Waals surface area contributed by atoms with Crippen LogP contribution in [0.5, 0.6) is 0 Å². The van der Waals surface area contributed by atoms with E-state index in [0.717, 1.165) is 16.8 Å². The van der Waals surface area contributed by atoms with Crippen LogP contribution in [0.3, 0.4) is 0 Å². The van der Waals surface area contributed by atoms with Gasteiger partial charge in [0, 0.05) is 36.0 Å². The van der Waals surface area contributed by atoms with Crippen LogP contribution < -0.4 is 5.56 Å². The van der Waals surface area contributed by atoms with Crippen LogP contribution in [0.15, 0.2) is 59.7 Å². The Morgan fingerprint density at radius 2 is 1.84 bits per heavy atom. The van der Waals surface area contributed by atoms with Gasteiger partial charge in [-0.2, -0.15) is 0 Å². The van der Waals surface area contributed by atoms with Crippen molar-refractivity contribution in [2.45, 2.75) is 18.8 Å². The molecule has 6 heteroatoms. The van der Waals surface area contributed by atoms with Crippen molar-refractivity contribution < 1.29 is 9.53 Å². The number of esters is 1. The van der Waals surface area contributed by atoms with Crippen LogP contribution in [-0.4, -0.2) is 28.3 Å². The number of rotatable bonds is 6. The maximum absolute atomic E-state index is 12.5. The molecule has 0 spiro atoms. The van der Waals surface area contributed by atoms with Crippen molar-refractivity contribution in [3.63, 3.8) is 0 Å². The molecular formula is C19H19N3O3. The van der Waals surface area contributed by atoms with Gasteiger partial charge in [0.05, 0.1) is 13.5 Å². The minimum absolute atomic E-state index is 0.0865. The maximum atomic E-state index is 12.5. The van der Waals surface area contributed by atoms with Crippen LogP contribution in [0.4, 0.5) is 0 Å². The van der Waals surface area contributed by atoms with Gasteiger partial charge in [-0.3, -0.25) is 19.7 Å². The zero-order valence-corrected chi connectivity index (χ0v) is 13.9. The number of benzene rings is 1. The Kier molecular flexibility index (Phi) is 5.09. The highest BCUT2D eigenvalue weighted by atomic mass is 16.5. The minimum Gasteiger partial charge on any atom is -0.469 e. The molecule has 0 radical (unpaired) electrons. The fourth-order valence-electron chi connectivity index (χ4n) is 2.94. The summed E-state index contributed by atoms with van der Waals surface area (Å²) in [7, 11) is 1.35. The standard InChI is InChI=1S/C19H19N3O3/c1-25-17(23)12-15(14-7-9-20-10-8-14)18-16(21-22-19(18)24)11-13-5-3-2-4-6-13/h2-10,15H,11-12H2,1H3,(H2,21,22,24). The topological polar surface area (TPSA) is 87.8 Å². The molecule has 0 bridgehead atoms. The number of nitrogens with one attached hydrogen (secondary N) is 2. The number of ether oxygens (including phenoxy) is 1. The average Bonchev–Trinajstić information content (AvgIpc) is 3.01. The monoisotopic (exact) mass is 337 g/mol.